The number of fused-ring (bicyclic) bond motifs is 1. The highest BCUT2D eigenvalue weighted by molar-refractivity contribution is 6.23. The van der Waals surface area contributed by atoms with Gasteiger partial charge in [0.25, 0.3) is 0 Å². The van der Waals surface area contributed by atoms with Crippen LogP contribution in [0, 0.1) is 5.41 Å². The summed E-state index contributed by atoms with van der Waals surface area (Å²) in [5, 5.41) is 20.4. The van der Waals surface area contributed by atoms with Crippen molar-refractivity contribution in [1.29, 1.82) is 5.41 Å². The van der Waals surface area contributed by atoms with Crippen LogP contribution < -0.4 is 0 Å². The first-order chi connectivity index (χ1) is 10.2. The van der Waals surface area contributed by atoms with Crippen LogP contribution in [0.4, 0.5) is 0 Å². The zero-order chi connectivity index (χ0) is 14.8. The predicted molar refractivity (Wildman–Crippen MR) is 83.9 cm³/mol. The van der Waals surface area contributed by atoms with Crippen LogP contribution in [0.1, 0.15) is 24.8 Å². The molecular weight excluding hydrogens is 262 g/mol. The molecule has 1 aliphatic carbocycles. The van der Waals surface area contributed by atoms with E-state index in [0.717, 1.165) is 16.3 Å². The molecule has 1 aliphatic rings. The summed E-state index contributed by atoms with van der Waals surface area (Å²) >= 11 is 0. The molecule has 1 fully saturated rings. The van der Waals surface area contributed by atoms with E-state index in [0.29, 0.717) is 25.7 Å². The third-order valence-corrected chi connectivity index (χ3v) is 3.94. The summed E-state index contributed by atoms with van der Waals surface area (Å²) in [5.74, 6) is -0.0787. The average molecular weight is 279 g/mol. The molecular formula is C18H17NO2. The highest BCUT2D eigenvalue weighted by Crippen LogP contribution is 2.24. The predicted octanol–water partition coefficient (Wildman–Crippen LogP) is 3.97. The summed E-state index contributed by atoms with van der Waals surface area (Å²) in [7, 11) is 0. The molecule has 0 heterocycles. The van der Waals surface area contributed by atoms with E-state index in [1.165, 1.54) is 0 Å². The van der Waals surface area contributed by atoms with Crippen LogP contribution in [-0.4, -0.2) is 16.6 Å². The molecule has 1 saturated carbocycles. The molecule has 2 N–H and O–H groups in total. The molecule has 3 heteroatoms. The Balaban J connectivity index is 2.02. The lowest BCUT2D eigenvalue weighted by atomic mass is 9.89. The summed E-state index contributed by atoms with van der Waals surface area (Å²) in [6.07, 6.45) is 2.01. The lowest BCUT2D eigenvalue weighted by molar-refractivity contribution is -0.115. The average Bonchev–Trinajstić information content (AvgIpc) is 2.47. The van der Waals surface area contributed by atoms with E-state index in [2.05, 4.69) is 0 Å². The largest absolute Gasteiger partial charge is 0.511 e. The number of hydrogen-bond donors (Lipinski definition) is 2. The second-order valence-electron chi connectivity index (χ2n) is 5.39. The van der Waals surface area contributed by atoms with Gasteiger partial charge in [-0.05, 0) is 29.2 Å². The van der Waals surface area contributed by atoms with E-state index in [9.17, 15) is 9.90 Å². The molecule has 0 saturated heterocycles. The van der Waals surface area contributed by atoms with E-state index in [-0.39, 0.29) is 22.8 Å². The van der Waals surface area contributed by atoms with E-state index in [1.54, 1.807) is 0 Å². The molecule has 2 aromatic rings. The van der Waals surface area contributed by atoms with Crippen molar-refractivity contribution in [1.82, 2.24) is 0 Å². The fraction of sp³-hybridized carbons (Fsp3) is 0.222. The van der Waals surface area contributed by atoms with E-state index in [1.807, 2.05) is 42.5 Å². The SMILES string of the molecule is N=C1CCCC(=O)/C1=C(\O)Cc1cccc2ccccc12. The summed E-state index contributed by atoms with van der Waals surface area (Å²) in [5.41, 5.74) is 1.47. The second-order valence-corrected chi connectivity index (χ2v) is 5.39. The number of nitrogens with one attached hydrogen (secondary N) is 1. The van der Waals surface area contributed by atoms with E-state index < -0.39 is 0 Å². The Labute approximate surface area is 123 Å². The smallest absolute Gasteiger partial charge is 0.168 e. The third kappa shape index (κ3) is 2.59. The fourth-order valence-corrected chi connectivity index (χ4v) is 2.89. The van der Waals surface area contributed by atoms with Crippen molar-refractivity contribution < 1.29 is 9.90 Å². The summed E-state index contributed by atoms with van der Waals surface area (Å²) in [6.45, 7) is 0. The molecule has 3 rings (SSSR count). The van der Waals surface area contributed by atoms with Gasteiger partial charge in [-0.1, -0.05) is 42.5 Å². The molecule has 0 bridgehead atoms. The molecule has 2 aromatic carbocycles. The highest BCUT2D eigenvalue weighted by Gasteiger charge is 2.24. The second kappa shape index (κ2) is 5.52. The van der Waals surface area contributed by atoms with E-state index >= 15 is 0 Å². The van der Waals surface area contributed by atoms with Crippen molar-refractivity contribution in [2.24, 2.45) is 0 Å². The van der Waals surface area contributed by atoms with Crippen LogP contribution in [0.2, 0.25) is 0 Å². The molecule has 0 spiro atoms. The highest BCUT2D eigenvalue weighted by atomic mass is 16.3. The Hall–Kier alpha value is -2.42. The first-order valence-corrected chi connectivity index (χ1v) is 7.16. The molecule has 0 atom stereocenters. The first-order valence-electron chi connectivity index (χ1n) is 7.16. The molecule has 0 amide bonds. The minimum Gasteiger partial charge on any atom is -0.511 e. The number of hydrogen-bond acceptors (Lipinski definition) is 3. The van der Waals surface area contributed by atoms with Gasteiger partial charge in [0.15, 0.2) is 5.78 Å². The number of ketones is 1. The van der Waals surface area contributed by atoms with Crippen molar-refractivity contribution in [3.05, 3.63) is 59.4 Å². The van der Waals surface area contributed by atoms with Crippen LogP contribution in [0.3, 0.4) is 0 Å². The van der Waals surface area contributed by atoms with Crippen LogP contribution in [-0.2, 0) is 11.2 Å². The first kappa shape index (κ1) is 13.6. The zero-order valence-electron chi connectivity index (χ0n) is 11.7. The quantitative estimate of drug-likeness (QED) is 0.645. The number of carbonyl (C=O) groups excluding carboxylic acids is 1. The van der Waals surface area contributed by atoms with Crippen LogP contribution >= 0.6 is 0 Å². The number of Topliss-reactive ketones (excluding diaryl/α,β-unsaturated/α-hetero) is 1. The maximum atomic E-state index is 11.9. The Morgan fingerprint density at radius 3 is 2.67 bits per heavy atom. The normalized spacial score (nSPS) is 18.1. The lowest BCUT2D eigenvalue weighted by Crippen LogP contribution is -2.20. The van der Waals surface area contributed by atoms with E-state index in [4.69, 9.17) is 5.41 Å². The number of aliphatic hydroxyl groups is 1. The number of rotatable bonds is 2. The zero-order valence-corrected chi connectivity index (χ0v) is 11.7. The van der Waals surface area contributed by atoms with Gasteiger partial charge in [0, 0.05) is 18.6 Å². The van der Waals surface area contributed by atoms with Crippen molar-refractivity contribution in [3.63, 3.8) is 0 Å². The number of carbonyl (C=O) groups is 1. The minimum atomic E-state index is -0.107. The van der Waals surface area contributed by atoms with Gasteiger partial charge in [-0.3, -0.25) is 4.79 Å². The molecule has 3 nitrogen and oxygen atoms in total. The summed E-state index contributed by atoms with van der Waals surface area (Å²) in [4.78, 5) is 11.9. The molecule has 0 aliphatic heterocycles. The van der Waals surface area contributed by atoms with Crippen LogP contribution in [0.25, 0.3) is 10.8 Å². The lowest BCUT2D eigenvalue weighted by Gasteiger charge is -2.16. The fourth-order valence-electron chi connectivity index (χ4n) is 2.89. The number of allylic oxidation sites excluding steroid dienone is 2. The van der Waals surface area contributed by atoms with Crippen molar-refractivity contribution >= 4 is 22.3 Å². The Bertz CT molecular complexity index is 735. The van der Waals surface area contributed by atoms with Gasteiger partial charge in [-0.25, -0.2) is 0 Å². The van der Waals surface area contributed by atoms with Crippen molar-refractivity contribution in [2.45, 2.75) is 25.7 Å². The molecule has 106 valence electrons. The van der Waals surface area contributed by atoms with Crippen molar-refractivity contribution in [3.8, 4) is 0 Å². The van der Waals surface area contributed by atoms with Crippen LogP contribution in [0.5, 0.6) is 0 Å². The maximum absolute atomic E-state index is 11.9. The summed E-state index contributed by atoms with van der Waals surface area (Å²) in [6, 6.07) is 13.9. The number of benzene rings is 2. The van der Waals surface area contributed by atoms with Gasteiger partial charge in [0.1, 0.15) is 5.76 Å². The maximum Gasteiger partial charge on any atom is 0.168 e. The van der Waals surface area contributed by atoms with Gasteiger partial charge >= 0.3 is 0 Å². The van der Waals surface area contributed by atoms with Gasteiger partial charge in [0.05, 0.1) is 5.57 Å². The standard InChI is InChI=1S/C18H17NO2/c19-15-9-4-10-16(20)18(15)17(21)11-13-7-3-6-12-5-1-2-8-14(12)13/h1-3,5-8,19,21H,4,9-11H2/b18-17-,19-15?. The monoisotopic (exact) mass is 279 g/mol. The van der Waals surface area contributed by atoms with Crippen LogP contribution in [0.15, 0.2) is 53.8 Å². The van der Waals surface area contributed by atoms with Crippen molar-refractivity contribution in [2.75, 3.05) is 0 Å². The summed E-state index contributed by atoms with van der Waals surface area (Å²) < 4.78 is 0. The molecule has 0 unspecified atom stereocenters. The number of aliphatic hydroxyl groups excluding tert-OH is 1. The topological polar surface area (TPSA) is 61.2 Å². The van der Waals surface area contributed by atoms with Gasteiger partial charge in [-0.15, -0.1) is 0 Å². The molecule has 21 heavy (non-hydrogen) atoms. The molecule has 0 aromatic heterocycles. The Morgan fingerprint density at radius 2 is 1.86 bits per heavy atom. The Morgan fingerprint density at radius 1 is 1.10 bits per heavy atom. The minimum absolute atomic E-state index is 0.0288. The third-order valence-electron chi connectivity index (χ3n) is 3.94. The van der Waals surface area contributed by atoms with Gasteiger partial charge in [-0.2, -0.15) is 0 Å². The Kier molecular flexibility index (Phi) is 3.57. The van der Waals surface area contributed by atoms with Gasteiger partial charge < -0.3 is 10.5 Å². The molecule has 0 radical (unpaired) electrons. The van der Waals surface area contributed by atoms with Gasteiger partial charge in [0.2, 0.25) is 0 Å².